The maximum Gasteiger partial charge on any atom is 0.322 e. The third kappa shape index (κ3) is 6.99. The van der Waals surface area contributed by atoms with E-state index in [0.29, 0.717) is 44.1 Å². The number of furan rings is 1. The van der Waals surface area contributed by atoms with E-state index >= 15 is 0 Å². The lowest BCUT2D eigenvalue weighted by atomic mass is 10.1. The van der Waals surface area contributed by atoms with Crippen molar-refractivity contribution in [2.75, 3.05) is 32.1 Å². The second-order valence-electron chi connectivity index (χ2n) is 8.44. The van der Waals surface area contributed by atoms with Gasteiger partial charge in [-0.1, -0.05) is 6.07 Å². The van der Waals surface area contributed by atoms with Gasteiger partial charge in [0.25, 0.3) is 0 Å². The molecule has 0 bridgehead atoms. The smallest absolute Gasteiger partial charge is 0.322 e. The Labute approximate surface area is 201 Å². The normalized spacial score (nSPS) is 10.8. The maximum atomic E-state index is 13.4. The zero-order valence-corrected chi connectivity index (χ0v) is 20.4. The van der Waals surface area contributed by atoms with Crippen LogP contribution in [0.5, 0.6) is 0 Å². The molecule has 1 N–H and O–H groups in total. The minimum absolute atomic E-state index is 0.0501. The number of methoxy groups -OCH3 is 1. The zero-order valence-electron chi connectivity index (χ0n) is 20.4. The number of benzene rings is 1. The minimum Gasteiger partial charge on any atom is -0.467 e. The monoisotopic (exact) mass is 466 g/mol. The van der Waals surface area contributed by atoms with Crippen molar-refractivity contribution in [1.29, 1.82) is 0 Å². The van der Waals surface area contributed by atoms with Crippen LogP contribution >= 0.6 is 0 Å². The predicted molar refractivity (Wildman–Crippen MR) is 131 cm³/mol. The Morgan fingerprint density at radius 2 is 1.88 bits per heavy atom. The van der Waals surface area contributed by atoms with Crippen LogP contribution in [0.1, 0.15) is 29.0 Å². The van der Waals surface area contributed by atoms with Crippen molar-refractivity contribution in [3.05, 3.63) is 77.5 Å². The summed E-state index contributed by atoms with van der Waals surface area (Å²) in [5.74, 6) is 0.526. The van der Waals surface area contributed by atoms with Gasteiger partial charge in [-0.05, 0) is 67.8 Å². The summed E-state index contributed by atoms with van der Waals surface area (Å²) < 4.78 is 12.6. The molecule has 182 valence electrons. The summed E-state index contributed by atoms with van der Waals surface area (Å²) in [4.78, 5) is 29.8. The number of ether oxygens (including phenoxy) is 1. The fraction of sp³-hybridized carbons (Fsp3) is 0.385. The van der Waals surface area contributed by atoms with Gasteiger partial charge in [-0.2, -0.15) is 0 Å². The molecule has 2 heterocycles. The van der Waals surface area contributed by atoms with E-state index in [2.05, 4.69) is 5.32 Å². The second-order valence-corrected chi connectivity index (χ2v) is 8.44. The first-order valence-electron chi connectivity index (χ1n) is 11.4. The average molecular weight is 467 g/mol. The van der Waals surface area contributed by atoms with Gasteiger partial charge >= 0.3 is 6.03 Å². The molecule has 0 saturated heterocycles. The summed E-state index contributed by atoms with van der Waals surface area (Å²) in [5.41, 5.74) is 3.94. The summed E-state index contributed by atoms with van der Waals surface area (Å²) >= 11 is 0. The minimum atomic E-state index is -0.315. The molecule has 0 unspecified atom stereocenters. The van der Waals surface area contributed by atoms with Gasteiger partial charge < -0.3 is 28.8 Å². The van der Waals surface area contributed by atoms with Crippen molar-refractivity contribution in [2.24, 2.45) is 7.05 Å². The van der Waals surface area contributed by atoms with Crippen LogP contribution in [-0.4, -0.2) is 53.1 Å². The summed E-state index contributed by atoms with van der Waals surface area (Å²) in [6.45, 7) is 5.61. The van der Waals surface area contributed by atoms with Crippen molar-refractivity contribution < 1.29 is 18.7 Å². The molecule has 0 aliphatic rings. The van der Waals surface area contributed by atoms with Crippen LogP contribution in [0.4, 0.5) is 10.5 Å². The van der Waals surface area contributed by atoms with Gasteiger partial charge in [-0.3, -0.25) is 4.79 Å². The predicted octanol–water partition coefficient (Wildman–Crippen LogP) is 4.33. The molecule has 3 amide bonds. The average Bonchev–Trinajstić information content (AvgIpc) is 3.47. The number of hydrogen-bond acceptors (Lipinski definition) is 4. The van der Waals surface area contributed by atoms with Crippen LogP contribution in [0.3, 0.4) is 0 Å². The zero-order chi connectivity index (χ0) is 24.5. The highest BCUT2D eigenvalue weighted by Crippen LogP contribution is 2.16. The Kier molecular flexibility index (Phi) is 8.93. The number of amides is 3. The quantitative estimate of drug-likeness (QED) is 0.427. The molecule has 3 aromatic rings. The van der Waals surface area contributed by atoms with E-state index in [1.54, 1.807) is 24.3 Å². The lowest BCUT2D eigenvalue weighted by Crippen LogP contribution is -2.44. The summed E-state index contributed by atoms with van der Waals surface area (Å²) in [7, 11) is 3.56. The number of hydrogen-bond donors (Lipinski definition) is 1. The van der Waals surface area contributed by atoms with E-state index in [9.17, 15) is 9.59 Å². The van der Waals surface area contributed by atoms with Crippen molar-refractivity contribution in [1.82, 2.24) is 14.4 Å². The molecule has 0 aliphatic heterocycles. The third-order valence-corrected chi connectivity index (χ3v) is 5.83. The highest BCUT2D eigenvalue weighted by Gasteiger charge is 2.23. The molecule has 0 spiro atoms. The van der Waals surface area contributed by atoms with Crippen molar-refractivity contribution in [2.45, 2.75) is 33.4 Å². The summed E-state index contributed by atoms with van der Waals surface area (Å²) in [5, 5.41) is 2.93. The fourth-order valence-electron chi connectivity index (χ4n) is 3.62. The second kappa shape index (κ2) is 12.1. The van der Waals surface area contributed by atoms with E-state index in [0.717, 1.165) is 16.8 Å². The lowest BCUT2D eigenvalue weighted by molar-refractivity contribution is -0.133. The Balaban J connectivity index is 1.75. The number of nitrogens with zero attached hydrogens (tertiary/aromatic N) is 3. The topological polar surface area (TPSA) is 80.0 Å². The fourth-order valence-corrected chi connectivity index (χ4v) is 3.62. The van der Waals surface area contributed by atoms with Gasteiger partial charge in [0.2, 0.25) is 5.91 Å². The molecule has 0 aliphatic carbocycles. The first-order chi connectivity index (χ1) is 16.4. The number of rotatable bonds is 11. The first kappa shape index (κ1) is 25.1. The molecular formula is C26H34N4O4. The van der Waals surface area contributed by atoms with Crippen LogP contribution in [0.15, 0.2) is 59.3 Å². The molecule has 34 heavy (non-hydrogen) atoms. The van der Waals surface area contributed by atoms with Gasteiger partial charge in [0.1, 0.15) is 12.3 Å². The standard InChI is InChI=1S/C26H34N4O4/c1-20-10-11-22(16-21(20)2)27-26(32)29(13-7-14-33-4)19-25(31)30(18-24-9-6-15-34-24)17-23-8-5-12-28(23)3/h5-6,8-12,15-16H,7,13-14,17-19H2,1-4H3,(H,27,32). The van der Waals surface area contributed by atoms with Crippen LogP contribution < -0.4 is 5.32 Å². The number of carbonyl (C=O) groups excluding carboxylic acids is 2. The third-order valence-electron chi connectivity index (χ3n) is 5.83. The number of carbonyl (C=O) groups is 2. The molecule has 8 nitrogen and oxygen atoms in total. The van der Waals surface area contributed by atoms with Crippen molar-refractivity contribution in [3.63, 3.8) is 0 Å². The molecule has 0 atom stereocenters. The Bertz CT molecular complexity index is 1070. The van der Waals surface area contributed by atoms with Crippen LogP contribution in [-0.2, 0) is 29.7 Å². The number of nitrogens with one attached hydrogen (secondary N) is 1. The molecule has 8 heteroatoms. The van der Waals surface area contributed by atoms with Gasteiger partial charge in [0, 0.05) is 44.9 Å². The van der Waals surface area contributed by atoms with Gasteiger partial charge in [-0.15, -0.1) is 0 Å². The van der Waals surface area contributed by atoms with E-state index in [1.165, 1.54) is 4.90 Å². The SMILES string of the molecule is COCCCN(CC(=O)N(Cc1ccco1)Cc1cccn1C)C(=O)Nc1ccc(C)c(C)c1. The summed E-state index contributed by atoms with van der Waals surface area (Å²) in [6, 6.07) is 13.0. The molecular weight excluding hydrogens is 432 g/mol. The summed E-state index contributed by atoms with van der Waals surface area (Å²) in [6.07, 6.45) is 4.16. The maximum absolute atomic E-state index is 13.4. The van der Waals surface area contributed by atoms with Gasteiger partial charge in [0.05, 0.1) is 19.4 Å². The highest BCUT2D eigenvalue weighted by atomic mass is 16.5. The van der Waals surface area contributed by atoms with Gasteiger partial charge in [0.15, 0.2) is 0 Å². The van der Waals surface area contributed by atoms with Crippen molar-refractivity contribution in [3.8, 4) is 0 Å². The van der Waals surface area contributed by atoms with Gasteiger partial charge in [-0.25, -0.2) is 4.79 Å². The Hall–Kier alpha value is -3.52. The molecule has 0 radical (unpaired) electrons. The number of urea groups is 1. The largest absolute Gasteiger partial charge is 0.467 e. The highest BCUT2D eigenvalue weighted by molar-refractivity contribution is 5.92. The Morgan fingerprint density at radius 1 is 1.06 bits per heavy atom. The first-order valence-corrected chi connectivity index (χ1v) is 11.4. The molecule has 0 fully saturated rings. The molecule has 2 aromatic heterocycles. The van der Waals surface area contributed by atoms with E-state index in [4.69, 9.17) is 9.15 Å². The number of anilines is 1. The lowest BCUT2D eigenvalue weighted by Gasteiger charge is -2.27. The molecule has 0 saturated carbocycles. The van der Waals surface area contributed by atoms with Crippen molar-refractivity contribution >= 4 is 17.6 Å². The Morgan fingerprint density at radius 3 is 2.53 bits per heavy atom. The van der Waals surface area contributed by atoms with Crippen LogP contribution in [0.25, 0.3) is 0 Å². The number of aromatic nitrogens is 1. The van der Waals surface area contributed by atoms with E-state index < -0.39 is 0 Å². The van der Waals surface area contributed by atoms with E-state index in [1.807, 2.05) is 68.1 Å². The van der Waals surface area contributed by atoms with Crippen LogP contribution in [0, 0.1) is 13.8 Å². The van der Waals surface area contributed by atoms with Crippen LogP contribution in [0.2, 0.25) is 0 Å². The molecule has 1 aromatic carbocycles. The number of aryl methyl sites for hydroxylation is 3. The molecule has 3 rings (SSSR count). The van der Waals surface area contributed by atoms with E-state index in [-0.39, 0.29) is 18.5 Å².